The number of aromatic amines is 1. The van der Waals surface area contributed by atoms with Crippen LogP contribution in [0.3, 0.4) is 0 Å². The van der Waals surface area contributed by atoms with E-state index < -0.39 is 17.4 Å². The van der Waals surface area contributed by atoms with Crippen molar-refractivity contribution in [1.82, 2.24) is 24.9 Å². The molecule has 11 heteroatoms. The van der Waals surface area contributed by atoms with E-state index in [0.29, 0.717) is 25.2 Å². The first-order valence-electron chi connectivity index (χ1n) is 10.1. The number of ether oxygens (including phenoxy) is 1. The quantitative estimate of drug-likeness (QED) is 0.756. The van der Waals surface area contributed by atoms with Gasteiger partial charge in [-0.2, -0.15) is 5.10 Å². The van der Waals surface area contributed by atoms with Gasteiger partial charge in [-0.15, -0.1) is 0 Å². The van der Waals surface area contributed by atoms with Crippen LogP contribution < -0.4 is 9.62 Å². The van der Waals surface area contributed by atoms with Crippen molar-refractivity contribution >= 4 is 28.0 Å². The Kier molecular flexibility index (Phi) is 5.56. The maximum atomic E-state index is 13.7. The molecule has 0 radical (unpaired) electrons. The fourth-order valence-electron chi connectivity index (χ4n) is 4.27. The molecule has 30 heavy (non-hydrogen) atoms. The molecule has 0 saturated carbocycles. The zero-order valence-electron chi connectivity index (χ0n) is 17.6. The molecule has 2 aromatic rings. The number of halogens is 2. The summed E-state index contributed by atoms with van der Waals surface area (Å²) >= 11 is 0. The number of piperidine rings is 1. The smallest absolute Gasteiger partial charge is 0.284 e. The number of hydrogen-bond donors (Lipinski definition) is 2. The van der Waals surface area contributed by atoms with Gasteiger partial charge in [0.25, 0.3) is 6.43 Å². The van der Waals surface area contributed by atoms with Gasteiger partial charge in [0.05, 0.1) is 40.7 Å². The molecule has 0 aliphatic carbocycles. The van der Waals surface area contributed by atoms with Crippen molar-refractivity contribution in [2.75, 3.05) is 24.6 Å². The van der Waals surface area contributed by atoms with Crippen LogP contribution in [0.1, 0.15) is 52.7 Å². The molecule has 1 unspecified atom stereocenters. The van der Waals surface area contributed by atoms with Crippen molar-refractivity contribution in [3.8, 4) is 0 Å². The van der Waals surface area contributed by atoms with E-state index in [0.717, 1.165) is 12.8 Å². The van der Waals surface area contributed by atoms with E-state index >= 15 is 0 Å². The molecule has 8 nitrogen and oxygen atoms in total. The molecule has 4 heterocycles. The Morgan fingerprint density at radius 3 is 2.67 bits per heavy atom. The lowest BCUT2D eigenvalue weighted by Crippen LogP contribution is -2.55. The Bertz CT molecular complexity index is 939. The number of hydrogen-bond acceptors (Lipinski definition) is 6. The minimum Gasteiger partial charge on any atom is -0.376 e. The van der Waals surface area contributed by atoms with Gasteiger partial charge in [0.15, 0.2) is 17.2 Å². The summed E-state index contributed by atoms with van der Waals surface area (Å²) in [6.07, 6.45) is 0.144. The lowest BCUT2D eigenvalue weighted by Gasteiger charge is -2.43. The Morgan fingerprint density at radius 2 is 2.03 bits per heavy atom. The average molecular weight is 443 g/mol. The average Bonchev–Trinajstić information content (AvgIpc) is 3.26. The van der Waals surface area contributed by atoms with Crippen LogP contribution in [0.2, 0.25) is 0 Å². The molecule has 2 fully saturated rings. The molecule has 2 aliphatic heterocycles. The van der Waals surface area contributed by atoms with E-state index in [1.807, 2.05) is 32.6 Å². The Balaban J connectivity index is 1.55. The second kappa shape index (κ2) is 7.76. The minimum atomic E-state index is -2.73. The van der Waals surface area contributed by atoms with Gasteiger partial charge < -0.3 is 9.64 Å². The van der Waals surface area contributed by atoms with Crippen LogP contribution in [0.4, 0.5) is 14.6 Å². The number of anilines is 1. The van der Waals surface area contributed by atoms with Gasteiger partial charge in [-0.05, 0) is 40.5 Å². The number of H-pyrrole nitrogens is 1. The van der Waals surface area contributed by atoms with Gasteiger partial charge in [0, 0.05) is 18.5 Å². The highest BCUT2D eigenvalue weighted by Crippen LogP contribution is 2.44. The molecule has 3 atom stereocenters. The molecular formula is C19H28F2N6O2S. The van der Waals surface area contributed by atoms with Gasteiger partial charge in [0.1, 0.15) is 5.52 Å². The summed E-state index contributed by atoms with van der Waals surface area (Å²) in [5, 5.41) is 6.44. The molecule has 2 N–H and O–H groups in total. The van der Waals surface area contributed by atoms with Gasteiger partial charge in [0.2, 0.25) is 0 Å². The Morgan fingerprint density at radius 1 is 1.33 bits per heavy atom. The predicted octanol–water partition coefficient (Wildman–Crippen LogP) is 2.72. The first kappa shape index (κ1) is 21.5. The topological polar surface area (TPSA) is 96.0 Å². The molecule has 0 bridgehead atoms. The van der Waals surface area contributed by atoms with E-state index in [-0.39, 0.29) is 39.5 Å². The van der Waals surface area contributed by atoms with Gasteiger partial charge in [-0.1, -0.05) is 0 Å². The zero-order valence-corrected chi connectivity index (χ0v) is 18.4. The number of nitrogens with zero attached hydrogens (tertiary/aromatic N) is 4. The maximum absolute atomic E-state index is 13.7. The van der Waals surface area contributed by atoms with Crippen molar-refractivity contribution in [2.45, 2.75) is 63.9 Å². The van der Waals surface area contributed by atoms with E-state index in [1.165, 1.54) is 6.20 Å². The molecule has 0 aromatic carbocycles. The summed E-state index contributed by atoms with van der Waals surface area (Å²) in [6.45, 7) is 9.45. The van der Waals surface area contributed by atoms with Crippen molar-refractivity contribution in [1.29, 1.82) is 0 Å². The molecule has 2 aromatic heterocycles. The minimum absolute atomic E-state index is 0.0586. The molecule has 2 aliphatic rings. The fraction of sp³-hybridized carbons (Fsp3) is 0.737. The SMILES string of the molecule is C[C@@H]1OCC2(CCN(c3nc4cn[nH]c4nc3C(F)F)CC2)[C@@H]1NS(=O)C(C)(C)C. The molecule has 4 rings (SSSR count). The fourth-order valence-corrected chi connectivity index (χ4v) is 5.30. The van der Waals surface area contributed by atoms with Crippen LogP contribution >= 0.6 is 0 Å². The lowest BCUT2D eigenvalue weighted by molar-refractivity contribution is 0.0971. The van der Waals surface area contributed by atoms with Crippen molar-refractivity contribution in [3.05, 3.63) is 11.9 Å². The zero-order chi connectivity index (χ0) is 21.7. The maximum Gasteiger partial charge on any atom is 0.284 e. The first-order chi connectivity index (χ1) is 14.1. The van der Waals surface area contributed by atoms with E-state index in [9.17, 15) is 13.0 Å². The van der Waals surface area contributed by atoms with Crippen molar-refractivity contribution < 1.29 is 17.7 Å². The molecule has 1 spiro atoms. The summed E-state index contributed by atoms with van der Waals surface area (Å²) in [5.74, 6) is 0.212. The van der Waals surface area contributed by atoms with Gasteiger partial charge >= 0.3 is 0 Å². The summed E-state index contributed by atoms with van der Waals surface area (Å²) < 4.78 is 48.9. The number of nitrogens with one attached hydrogen (secondary N) is 2. The number of aromatic nitrogens is 4. The second-order valence-electron chi connectivity index (χ2n) is 9.18. The van der Waals surface area contributed by atoms with Crippen LogP contribution in [0.15, 0.2) is 6.20 Å². The Labute approximate surface area is 176 Å². The third kappa shape index (κ3) is 3.82. The van der Waals surface area contributed by atoms with Crippen LogP contribution in [-0.2, 0) is 15.7 Å². The summed E-state index contributed by atoms with van der Waals surface area (Å²) in [5.41, 5.74) is 0.207. The van der Waals surface area contributed by atoms with E-state index in [1.54, 1.807) is 0 Å². The van der Waals surface area contributed by atoms with Crippen molar-refractivity contribution in [2.24, 2.45) is 5.41 Å². The van der Waals surface area contributed by atoms with Gasteiger partial charge in [-0.3, -0.25) is 5.10 Å². The normalized spacial score (nSPS) is 25.5. The highest BCUT2D eigenvalue weighted by Gasteiger charge is 2.51. The van der Waals surface area contributed by atoms with Crippen LogP contribution in [0.25, 0.3) is 11.2 Å². The summed E-state index contributed by atoms with van der Waals surface area (Å²) in [7, 11) is -1.22. The highest BCUT2D eigenvalue weighted by molar-refractivity contribution is 7.84. The van der Waals surface area contributed by atoms with Crippen LogP contribution in [0, 0.1) is 5.41 Å². The number of rotatable bonds is 4. The third-order valence-corrected chi connectivity index (χ3v) is 7.69. The highest BCUT2D eigenvalue weighted by atomic mass is 32.2. The summed E-state index contributed by atoms with van der Waals surface area (Å²) in [6, 6.07) is -0.0586. The van der Waals surface area contributed by atoms with Crippen LogP contribution in [-0.4, -0.2) is 61.0 Å². The third-order valence-electron chi connectivity index (χ3n) is 6.11. The monoisotopic (exact) mass is 442 g/mol. The molecule has 166 valence electrons. The lowest BCUT2D eigenvalue weighted by atomic mass is 9.73. The Hall–Kier alpha value is -1.72. The van der Waals surface area contributed by atoms with E-state index in [4.69, 9.17) is 4.74 Å². The molecule has 0 amide bonds. The van der Waals surface area contributed by atoms with E-state index in [2.05, 4.69) is 24.9 Å². The molecular weight excluding hydrogens is 414 g/mol. The largest absolute Gasteiger partial charge is 0.376 e. The van der Waals surface area contributed by atoms with Gasteiger partial charge in [-0.25, -0.2) is 27.7 Å². The first-order valence-corrected chi connectivity index (χ1v) is 11.3. The van der Waals surface area contributed by atoms with Crippen molar-refractivity contribution in [3.63, 3.8) is 0 Å². The number of alkyl halides is 2. The predicted molar refractivity (Wildman–Crippen MR) is 111 cm³/mol. The standard InChI is InChI=1S/C19H28F2N6O2S/c1-11-14(26-30(28)18(2,3)4)19(10-29-11)5-7-27(8-6-19)17-13(15(20)21)24-16-12(23-17)9-22-25-16/h9,11,14-15,26H,5-8,10H2,1-4H3,(H,22,24,25)/t11-,14+,30?/m0/s1. The summed E-state index contributed by atoms with van der Waals surface area (Å²) in [4.78, 5) is 10.3. The number of fused-ring (bicyclic) bond motifs is 1. The second-order valence-corrected chi connectivity index (χ2v) is 11.2. The van der Waals surface area contributed by atoms with Crippen LogP contribution in [0.5, 0.6) is 0 Å². The molecule has 2 saturated heterocycles.